The number of aryl methyl sites for hydroxylation is 1. The number of anilines is 3. The van der Waals surface area contributed by atoms with Crippen molar-refractivity contribution in [1.82, 2.24) is 14.9 Å². The van der Waals surface area contributed by atoms with E-state index in [0.29, 0.717) is 41.7 Å². The molecule has 1 atom stereocenters. The second kappa shape index (κ2) is 12.8. The van der Waals surface area contributed by atoms with E-state index in [0.717, 1.165) is 18.4 Å². The van der Waals surface area contributed by atoms with Gasteiger partial charge in [-0.3, -0.25) is 9.79 Å². The number of allylic oxidation sites excluding steroid dienone is 1. The van der Waals surface area contributed by atoms with Crippen molar-refractivity contribution in [3.63, 3.8) is 0 Å². The number of nitrogens with two attached hydrogens (primary N) is 1. The average Bonchev–Trinajstić information content (AvgIpc) is 2.88. The van der Waals surface area contributed by atoms with Gasteiger partial charge >= 0.3 is 0 Å². The molecule has 0 bridgehead atoms. The van der Waals surface area contributed by atoms with Crippen molar-refractivity contribution in [2.24, 2.45) is 10.7 Å². The number of carbonyl (C=O) groups is 1. The summed E-state index contributed by atoms with van der Waals surface area (Å²) in [6, 6.07) is 5.04. The predicted octanol–water partition coefficient (Wildman–Crippen LogP) is 4.18. The minimum absolute atomic E-state index is 0.0207. The Morgan fingerprint density at radius 3 is 2.92 bits per heavy atom. The molecule has 1 aromatic carbocycles. The molecule has 1 aliphatic rings. The molecular formula is C27H35FN8O. The molecule has 10 heteroatoms. The molecular weight excluding hydrogens is 471 g/mol. The number of nitrogens with one attached hydrogen (secondary N) is 1. The van der Waals surface area contributed by atoms with E-state index in [2.05, 4.69) is 25.1 Å². The number of nitrogens with zero attached hydrogens (tertiary/aromatic N) is 6. The Morgan fingerprint density at radius 2 is 2.24 bits per heavy atom. The van der Waals surface area contributed by atoms with Crippen molar-refractivity contribution >= 4 is 35.0 Å². The zero-order chi connectivity index (χ0) is 26.9. The zero-order valence-corrected chi connectivity index (χ0v) is 21.9. The van der Waals surface area contributed by atoms with E-state index in [1.807, 2.05) is 25.7 Å². The molecule has 0 spiro atoms. The van der Waals surface area contributed by atoms with Crippen molar-refractivity contribution in [3.8, 4) is 0 Å². The number of aromatic nitrogens is 2. The second-order valence-corrected chi connectivity index (χ2v) is 9.39. The van der Waals surface area contributed by atoms with Crippen LogP contribution in [0, 0.1) is 19.3 Å². The Kier molecular flexibility index (Phi) is 9.55. The monoisotopic (exact) mass is 506 g/mol. The average molecular weight is 507 g/mol. The summed E-state index contributed by atoms with van der Waals surface area (Å²) in [5, 5.41) is 3.08. The fourth-order valence-corrected chi connectivity index (χ4v) is 4.20. The fourth-order valence-electron chi connectivity index (χ4n) is 4.20. The molecule has 0 saturated carbocycles. The summed E-state index contributed by atoms with van der Waals surface area (Å²) in [6.45, 7) is 14.2. The number of amides is 1. The normalized spacial score (nSPS) is 16.2. The highest BCUT2D eigenvalue weighted by molar-refractivity contribution is 6.09. The van der Waals surface area contributed by atoms with Gasteiger partial charge < -0.3 is 25.7 Å². The number of likely N-dealkylation sites (N-methyl/N-ethyl adjacent to an activating group) is 1. The molecule has 2 heterocycles. The number of piperidine rings is 1. The predicted molar refractivity (Wildman–Crippen MR) is 146 cm³/mol. The molecule has 1 aliphatic heterocycles. The molecule has 0 radical (unpaired) electrons. The van der Waals surface area contributed by atoms with E-state index in [9.17, 15) is 4.79 Å². The number of hydrogen-bond acceptors (Lipinski definition) is 7. The Morgan fingerprint density at radius 1 is 1.46 bits per heavy atom. The zero-order valence-electron chi connectivity index (χ0n) is 21.9. The van der Waals surface area contributed by atoms with Crippen LogP contribution < -0.4 is 16.0 Å². The maximum absolute atomic E-state index is 15.2. The Bertz CT molecular complexity index is 1200. The van der Waals surface area contributed by atoms with E-state index >= 15 is 4.39 Å². The van der Waals surface area contributed by atoms with Gasteiger partial charge in [0.2, 0.25) is 18.4 Å². The number of halogens is 1. The van der Waals surface area contributed by atoms with Crippen LogP contribution in [0.5, 0.6) is 0 Å². The first-order valence-corrected chi connectivity index (χ1v) is 12.4. The molecule has 0 aliphatic carbocycles. The topological polar surface area (TPSA) is 104 Å². The van der Waals surface area contributed by atoms with Gasteiger partial charge in [0.15, 0.2) is 0 Å². The highest BCUT2D eigenvalue weighted by Gasteiger charge is 2.27. The van der Waals surface area contributed by atoms with Crippen LogP contribution in [0.1, 0.15) is 44.4 Å². The second-order valence-electron chi connectivity index (χ2n) is 9.39. The quantitative estimate of drug-likeness (QED) is 0.391. The van der Waals surface area contributed by atoms with Gasteiger partial charge in [-0.05, 0) is 57.4 Å². The molecule has 9 nitrogen and oxygen atoms in total. The van der Waals surface area contributed by atoms with Gasteiger partial charge in [0.05, 0.1) is 17.8 Å². The number of benzene rings is 1. The molecule has 0 unspecified atom stereocenters. The smallest absolute Gasteiger partial charge is 0.230 e. The maximum Gasteiger partial charge on any atom is 0.230 e. The number of aliphatic imine (C=N–C) groups is 1. The molecule has 3 rings (SSSR count). The van der Waals surface area contributed by atoms with Gasteiger partial charge in [0, 0.05) is 62.1 Å². The van der Waals surface area contributed by atoms with Crippen LogP contribution >= 0.6 is 0 Å². The molecule has 1 fully saturated rings. The van der Waals surface area contributed by atoms with E-state index in [-0.39, 0.29) is 36.8 Å². The Balaban J connectivity index is 1.74. The fraction of sp³-hybridized carbons (Fsp3) is 0.444. The lowest BCUT2D eigenvalue weighted by Crippen LogP contribution is -2.49. The van der Waals surface area contributed by atoms with Crippen LogP contribution in [-0.4, -0.2) is 65.8 Å². The minimum atomic E-state index is -0.369. The Labute approximate surface area is 218 Å². The third-order valence-electron chi connectivity index (χ3n) is 6.26. The molecule has 3 N–H and O–H groups in total. The van der Waals surface area contributed by atoms with Crippen molar-refractivity contribution in [2.75, 3.05) is 36.9 Å². The standard InChI is InChI=1S/C27H35FN8O/c1-18(2)31-16-20(14-29)26-19(3)15-32-27(34-26)33-21-8-9-24(23(28)13-21)36-12-6-7-22(17-36)35(5)25(37)10-11-30-4/h8-9,13-16,18,22H,6-7,10-12,17,29H2,1-3,5H3,(H,32,33,34)/b20-14+,31-16?/t22-/m0/s1. The maximum atomic E-state index is 15.2. The summed E-state index contributed by atoms with van der Waals surface area (Å²) in [7, 11) is 1.76. The van der Waals surface area contributed by atoms with Crippen LogP contribution in [0.15, 0.2) is 35.6 Å². The molecule has 2 aromatic rings. The molecule has 1 aromatic heterocycles. The van der Waals surface area contributed by atoms with Gasteiger partial charge in [-0.2, -0.15) is 0 Å². The highest BCUT2D eigenvalue weighted by Crippen LogP contribution is 2.28. The largest absolute Gasteiger partial charge is 0.404 e. The van der Waals surface area contributed by atoms with Gasteiger partial charge in [-0.1, -0.05) is 0 Å². The summed E-state index contributed by atoms with van der Waals surface area (Å²) in [6.07, 6.45) is 6.75. The summed E-state index contributed by atoms with van der Waals surface area (Å²) >= 11 is 0. The SMILES string of the molecule is [C-]#[N+]CCC(=O)N(C)[C@H]1CCCN(c2ccc(Nc3ncc(C)c(/C(C=NC(C)C)=C/N)n3)cc2F)C1. The summed E-state index contributed by atoms with van der Waals surface area (Å²) in [5.41, 5.74) is 8.99. The van der Waals surface area contributed by atoms with Crippen LogP contribution in [0.4, 0.5) is 21.7 Å². The first-order valence-electron chi connectivity index (χ1n) is 12.4. The highest BCUT2D eigenvalue weighted by atomic mass is 19.1. The van der Waals surface area contributed by atoms with Gasteiger partial charge in [0.25, 0.3) is 0 Å². The van der Waals surface area contributed by atoms with E-state index in [4.69, 9.17) is 12.3 Å². The van der Waals surface area contributed by atoms with Gasteiger partial charge in [-0.25, -0.2) is 20.9 Å². The van der Waals surface area contributed by atoms with Crippen molar-refractivity contribution < 1.29 is 9.18 Å². The third-order valence-corrected chi connectivity index (χ3v) is 6.26. The number of carbonyl (C=O) groups excluding carboxylic acids is 1. The van der Waals surface area contributed by atoms with Crippen LogP contribution in [0.2, 0.25) is 0 Å². The van der Waals surface area contributed by atoms with Crippen molar-refractivity contribution in [1.29, 1.82) is 0 Å². The van der Waals surface area contributed by atoms with Crippen LogP contribution in [0.3, 0.4) is 0 Å². The summed E-state index contributed by atoms with van der Waals surface area (Å²) in [5.74, 6) is -0.0994. The first-order chi connectivity index (χ1) is 17.7. The van der Waals surface area contributed by atoms with E-state index in [1.165, 1.54) is 12.3 Å². The van der Waals surface area contributed by atoms with Crippen LogP contribution in [-0.2, 0) is 4.79 Å². The number of hydrogen-bond donors (Lipinski definition) is 2. The lowest BCUT2D eigenvalue weighted by atomic mass is 10.0. The van der Waals surface area contributed by atoms with Crippen molar-refractivity contribution in [2.45, 2.75) is 52.1 Å². The third kappa shape index (κ3) is 7.26. The van der Waals surface area contributed by atoms with Gasteiger partial charge in [0.1, 0.15) is 5.82 Å². The number of rotatable bonds is 9. The molecule has 1 amide bonds. The molecule has 196 valence electrons. The van der Waals surface area contributed by atoms with E-state index < -0.39 is 0 Å². The minimum Gasteiger partial charge on any atom is -0.404 e. The first kappa shape index (κ1) is 27.6. The van der Waals surface area contributed by atoms with Gasteiger partial charge in [-0.15, -0.1) is 0 Å². The summed E-state index contributed by atoms with van der Waals surface area (Å²) in [4.78, 5) is 32.6. The van der Waals surface area contributed by atoms with E-state index in [1.54, 1.807) is 36.5 Å². The Hall–Kier alpha value is -4.00. The lowest BCUT2D eigenvalue weighted by Gasteiger charge is -2.38. The van der Waals surface area contributed by atoms with Crippen molar-refractivity contribution in [3.05, 3.63) is 59.1 Å². The lowest BCUT2D eigenvalue weighted by molar-refractivity contribution is -0.131. The van der Waals surface area contributed by atoms with Crippen LogP contribution in [0.25, 0.3) is 10.4 Å². The molecule has 1 saturated heterocycles. The molecule has 37 heavy (non-hydrogen) atoms. The summed E-state index contributed by atoms with van der Waals surface area (Å²) < 4.78 is 15.2.